The lowest BCUT2D eigenvalue weighted by atomic mass is 9.93. The zero-order chi connectivity index (χ0) is 42.0. The van der Waals surface area contributed by atoms with Crippen LogP contribution in [0.4, 0.5) is 0 Å². The third-order valence-electron chi connectivity index (χ3n) is 9.46. The number of carbonyl (C=O) groups is 3. The van der Waals surface area contributed by atoms with Gasteiger partial charge in [-0.3, -0.25) is 14.4 Å². The Balaban J connectivity index is 1.34. The van der Waals surface area contributed by atoms with Gasteiger partial charge in [-0.1, -0.05) is 67.9 Å². The van der Waals surface area contributed by atoms with Crippen molar-refractivity contribution >= 4 is 28.8 Å². The number of nitrogens with one attached hydrogen (secondary N) is 1. The minimum Gasteiger partial charge on any atom is -0.466 e. The molecule has 3 aromatic carbocycles. The number of imidazole rings is 1. The van der Waals surface area contributed by atoms with Crippen molar-refractivity contribution in [1.29, 1.82) is 0 Å². The number of para-hydroxylation sites is 1. The molecule has 5 aromatic rings. The third-order valence-corrected chi connectivity index (χ3v) is 9.46. The largest absolute Gasteiger partial charge is 0.466 e. The van der Waals surface area contributed by atoms with Crippen molar-refractivity contribution in [1.82, 2.24) is 30.2 Å². The Labute approximate surface area is 338 Å². The van der Waals surface area contributed by atoms with E-state index < -0.39 is 28.0 Å². The maximum Gasteiger partial charge on any atom is 0.309 e. The van der Waals surface area contributed by atoms with E-state index in [1.807, 2.05) is 54.6 Å². The number of aromatic nitrogens is 6. The van der Waals surface area contributed by atoms with E-state index >= 15 is 0 Å². The van der Waals surface area contributed by atoms with Crippen molar-refractivity contribution in [3.8, 4) is 22.5 Å². The lowest BCUT2D eigenvalue weighted by Gasteiger charge is -2.17. The number of ether oxygens (including phenoxy) is 2. The second-order valence-electron chi connectivity index (χ2n) is 13.6. The maximum absolute atomic E-state index is 14.3. The van der Waals surface area contributed by atoms with Gasteiger partial charge in [0, 0.05) is 36.9 Å². The number of fused-ring (bicyclic) bond motifs is 1. The summed E-state index contributed by atoms with van der Waals surface area (Å²) in [5.41, 5.74) is 5.34. The van der Waals surface area contributed by atoms with Gasteiger partial charge in [0.1, 0.15) is 5.82 Å². The van der Waals surface area contributed by atoms with Gasteiger partial charge in [0.25, 0.3) is 10.2 Å². The van der Waals surface area contributed by atoms with E-state index in [9.17, 15) is 34.6 Å². The molecule has 59 heavy (non-hydrogen) atoms. The highest BCUT2D eigenvalue weighted by molar-refractivity contribution is 6.07. The topological polar surface area (TPSA) is 247 Å². The van der Waals surface area contributed by atoms with Crippen molar-refractivity contribution in [3.05, 3.63) is 104 Å². The summed E-state index contributed by atoms with van der Waals surface area (Å²) in [6.07, 6.45) is 3.19. The molecule has 1 N–H and O–H groups in total. The van der Waals surface area contributed by atoms with Crippen LogP contribution in [0, 0.1) is 26.1 Å². The first-order chi connectivity index (χ1) is 28.6. The van der Waals surface area contributed by atoms with Gasteiger partial charge in [0.05, 0.1) is 43.4 Å². The summed E-state index contributed by atoms with van der Waals surface area (Å²) in [5, 5.41) is 33.5. The molecule has 0 fully saturated rings. The first-order valence-corrected chi connectivity index (χ1v) is 19.4. The fourth-order valence-electron chi connectivity index (χ4n) is 6.50. The number of carbonyl (C=O) groups excluding carboxylic acids is 3. The van der Waals surface area contributed by atoms with Crippen LogP contribution in [0.3, 0.4) is 0 Å². The average Bonchev–Trinajstić information content (AvgIpc) is 3.90. The Kier molecular flexibility index (Phi) is 16.3. The number of aryl methyl sites for hydroxylation is 1. The van der Waals surface area contributed by atoms with Gasteiger partial charge >= 0.3 is 11.9 Å². The van der Waals surface area contributed by atoms with Gasteiger partial charge in [-0.2, -0.15) is 5.21 Å². The molecule has 0 aliphatic heterocycles. The highest BCUT2D eigenvalue weighted by Gasteiger charge is 2.27. The molecule has 312 valence electrons. The Morgan fingerprint density at radius 3 is 2.15 bits per heavy atom. The molecule has 1 unspecified atom stereocenters. The summed E-state index contributed by atoms with van der Waals surface area (Å²) in [7, 11) is 0. The molecule has 5 rings (SSSR count). The standard InChI is InChI=1S/C40H46N8O11/c1-2-3-15-36-41-34-14-10-13-33(38(34)46(36)27-28-16-18-29(19-17-28)31-11-4-5-12-32(31)39-42-44-45-43-39)35(49)26-30(40(51)57-23-7-9-25-59-48(54)55)20-21-37(50)56-22-6-8-24-58-47(52)53/h4-5,10-14,16-19,30H,2-3,6-9,15,20-27H2,1H3,(H,42,43,44,45). The van der Waals surface area contributed by atoms with Crippen molar-refractivity contribution in [3.63, 3.8) is 0 Å². The first-order valence-electron chi connectivity index (χ1n) is 19.4. The number of tetrazole rings is 1. The highest BCUT2D eigenvalue weighted by Crippen LogP contribution is 2.31. The second-order valence-corrected chi connectivity index (χ2v) is 13.6. The molecular weight excluding hydrogens is 768 g/mol. The number of hydrogen-bond acceptors (Lipinski definition) is 15. The predicted octanol–water partition coefficient (Wildman–Crippen LogP) is 6.31. The molecule has 0 aliphatic carbocycles. The van der Waals surface area contributed by atoms with Gasteiger partial charge in [-0.15, -0.1) is 30.4 Å². The number of esters is 2. The molecule has 0 amide bonds. The average molecular weight is 815 g/mol. The minimum atomic E-state index is -1.01. The van der Waals surface area contributed by atoms with E-state index in [2.05, 4.69) is 41.8 Å². The SMILES string of the molecule is CCCCc1nc2cccc(C(=O)CC(CCC(=O)OCCCCO[N+](=O)[O-])C(=O)OCCCCO[N+](=O)[O-])c2n1Cc1ccc(-c2ccccc2-c2nn[nH]n2)cc1. The van der Waals surface area contributed by atoms with Crippen LogP contribution in [0.15, 0.2) is 66.7 Å². The highest BCUT2D eigenvalue weighted by atomic mass is 17.0. The summed E-state index contributed by atoms with van der Waals surface area (Å²) in [5.74, 6) is -1.34. The van der Waals surface area contributed by atoms with E-state index in [4.69, 9.17) is 14.5 Å². The normalized spacial score (nSPS) is 11.5. The number of H-pyrrole nitrogens is 1. The Hall–Kier alpha value is -6.79. The first kappa shape index (κ1) is 43.3. The number of nitrogens with zero attached hydrogens (tertiary/aromatic N) is 7. The maximum atomic E-state index is 14.3. The van der Waals surface area contributed by atoms with E-state index in [-0.39, 0.29) is 64.3 Å². The van der Waals surface area contributed by atoms with Crippen molar-refractivity contribution in [2.24, 2.45) is 5.92 Å². The quantitative estimate of drug-likeness (QED) is 0.0211. The van der Waals surface area contributed by atoms with Gasteiger partial charge in [0.2, 0.25) is 5.82 Å². The molecule has 0 aliphatic rings. The van der Waals surface area contributed by atoms with Crippen LogP contribution < -0.4 is 0 Å². The molecule has 0 saturated carbocycles. The molecule has 0 saturated heterocycles. The summed E-state index contributed by atoms with van der Waals surface area (Å²) in [6.45, 7) is 2.16. The fraction of sp³-hybridized carbons (Fsp3) is 0.425. The lowest BCUT2D eigenvalue weighted by Crippen LogP contribution is -2.23. The molecule has 0 spiro atoms. The van der Waals surface area contributed by atoms with Crippen LogP contribution in [0.5, 0.6) is 0 Å². The molecule has 2 heterocycles. The van der Waals surface area contributed by atoms with Crippen LogP contribution in [0.25, 0.3) is 33.5 Å². The van der Waals surface area contributed by atoms with Crippen LogP contribution in [-0.2, 0) is 41.7 Å². The summed E-state index contributed by atoms with van der Waals surface area (Å²) in [6, 6.07) is 21.2. The number of ketones is 1. The van der Waals surface area contributed by atoms with Gasteiger partial charge in [-0.25, -0.2) is 4.98 Å². The number of hydrogen-bond donors (Lipinski definition) is 1. The van der Waals surface area contributed by atoms with Crippen LogP contribution in [0.2, 0.25) is 0 Å². The molecule has 1 atom stereocenters. The molecule has 0 radical (unpaired) electrons. The Morgan fingerprint density at radius 2 is 1.49 bits per heavy atom. The van der Waals surface area contributed by atoms with Crippen LogP contribution in [-0.4, -0.2) is 84.5 Å². The van der Waals surface area contributed by atoms with E-state index in [1.54, 1.807) is 12.1 Å². The Bertz CT molecular complexity index is 2170. The second kappa shape index (κ2) is 22.2. The number of benzene rings is 3. The number of rotatable bonds is 26. The predicted molar refractivity (Wildman–Crippen MR) is 210 cm³/mol. The summed E-state index contributed by atoms with van der Waals surface area (Å²) in [4.78, 5) is 74.6. The van der Waals surface area contributed by atoms with Crippen LogP contribution in [0.1, 0.15) is 86.5 Å². The van der Waals surface area contributed by atoms with Crippen molar-refractivity contribution in [2.45, 2.75) is 77.7 Å². The number of unbranched alkanes of at least 4 members (excludes halogenated alkanes) is 3. The zero-order valence-corrected chi connectivity index (χ0v) is 32.7. The number of Topliss-reactive ketones (excluding diaryl/α,β-unsaturated/α-hetero) is 1. The Morgan fingerprint density at radius 1 is 0.814 bits per heavy atom. The molecule has 2 aromatic heterocycles. The van der Waals surface area contributed by atoms with E-state index in [1.165, 1.54) is 0 Å². The molecular formula is C40H46N8O11. The number of aromatic amines is 1. The van der Waals surface area contributed by atoms with Gasteiger partial charge < -0.3 is 23.7 Å². The summed E-state index contributed by atoms with van der Waals surface area (Å²) >= 11 is 0. The molecule has 0 bridgehead atoms. The fourth-order valence-corrected chi connectivity index (χ4v) is 6.50. The van der Waals surface area contributed by atoms with Crippen molar-refractivity contribution < 1.29 is 43.7 Å². The lowest BCUT2D eigenvalue weighted by molar-refractivity contribution is -0.757. The smallest absolute Gasteiger partial charge is 0.309 e. The van der Waals surface area contributed by atoms with Crippen LogP contribution >= 0.6 is 0 Å². The van der Waals surface area contributed by atoms with Gasteiger partial charge in [-0.05, 0) is 72.6 Å². The van der Waals surface area contributed by atoms with Gasteiger partial charge in [0.15, 0.2) is 5.78 Å². The molecule has 19 heteroatoms. The molecule has 19 nitrogen and oxygen atoms in total. The van der Waals surface area contributed by atoms with E-state index in [0.29, 0.717) is 48.2 Å². The third kappa shape index (κ3) is 12.9. The van der Waals surface area contributed by atoms with Crippen molar-refractivity contribution in [2.75, 3.05) is 26.4 Å². The van der Waals surface area contributed by atoms with E-state index in [0.717, 1.165) is 40.9 Å². The summed E-state index contributed by atoms with van der Waals surface area (Å²) < 4.78 is 12.8. The zero-order valence-electron chi connectivity index (χ0n) is 32.7. The minimum absolute atomic E-state index is 0.00278. The monoisotopic (exact) mass is 814 g/mol.